The van der Waals surface area contributed by atoms with Gasteiger partial charge >= 0.3 is 0 Å². The Morgan fingerprint density at radius 3 is 3.06 bits per heavy atom. The fraction of sp³-hybridized carbons (Fsp3) is 0.636. The third-order valence-electron chi connectivity index (χ3n) is 3.35. The third-order valence-corrected chi connectivity index (χ3v) is 3.61. The van der Waals surface area contributed by atoms with Crippen molar-refractivity contribution in [1.82, 2.24) is 9.97 Å². The van der Waals surface area contributed by atoms with E-state index in [0.717, 1.165) is 19.5 Å². The molecule has 1 aromatic rings. The summed E-state index contributed by atoms with van der Waals surface area (Å²) in [6.07, 6.45) is 2.79. The number of hydrogen-bond acceptors (Lipinski definition) is 6. The summed E-state index contributed by atoms with van der Waals surface area (Å²) in [5.41, 5.74) is 2.43. The van der Waals surface area contributed by atoms with Crippen LogP contribution in [0.3, 0.4) is 0 Å². The van der Waals surface area contributed by atoms with Crippen molar-refractivity contribution >= 4 is 23.4 Å². The first-order valence-electron chi connectivity index (χ1n) is 5.92. The molecule has 1 aliphatic rings. The minimum atomic E-state index is 0.194. The number of methoxy groups -OCH3 is 1. The average molecular weight is 272 g/mol. The van der Waals surface area contributed by atoms with Crippen LogP contribution in [0.25, 0.3) is 0 Å². The molecule has 1 aromatic heterocycles. The molecule has 0 radical (unpaired) electrons. The smallest absolute Gasteiger partial charge is 0.239 e. The van der Waals surface area contributed by atoms with E-state index in [9.17, 15) is 0 Å². The molecule has 0 spiro atoms. The molecule has 0 aliphatic carbocycles. The number of nitrogens with zero attached hydrogens (tertiary/aromatic N) is 3. The Labute approximate surface area is 111 Å². The summed E-state index contributed by atoms with van der Waals surface area (Å²) in [7, 11) is 1.74. The predicted octanol–water partition coefficient (Wildman–Crippen LogP) is 1.28. The zero-order valence-electron chi connectivity index (χ0n) is 10.6. The van der Waals surface area contributed by atoms with Gasteiger partial charge in [0.05, 0.1) is 12.3 Å². The molecule has 0 aromatic carbocycles. The minimum absolute atomic E-state index is 0.194. The van der Waals surface area contributed by atoms with Crippen LogP contribution in [0.2, 0.25) is 5.02 Å². The van der Waals surface area contributed by atoms with Gasteiger partial charge in [-0.05, 0) is 12.3 Å². The maximum Gasteiger partial charge on any atom is 0.239 e. The zero-order valence-corrected chi connectivity index (χ0v) is 11.3. The van der Waals surface area contributed by atoms with Crippen LogP contribution < -0.4 is 16.2 Å². The number of nitrogen functional groups attached to an aromatic ring is 1. The normalized spacial score (nSPS) is 24.1. The predicted molar refractivity (Wildman–Crippen MR) is 71.6 cm³/mol. The van der Waals surface area contributed by atoms with E-state index in [4.69, 9.17) is 22.2 Å². The highest BCUT2D eigenvalue weighted by molar-refractivity contribution is 6.32. The van der Waals surface area contributed by atoms with Gasteiger partial charge in [0.15, 0.2) is 5.82 Å². The van der Waals surface area contributed by atoms with Crippen molar-refractivity contribution in [1.29, 1.82) is 0 Å². The number of ether oxygens (including phenoxy) is 1. The quantitative estimate of drug-likeness (QED) is 0.637. The van der Waals surface area contributed by atoms with Crippen molar-refractivity contribution in [2.24, 2.45) is 11.8 Å². The Hall–Kier alpha value is -1.11. The van der Waals surface area contributed by atoms with Gasteiger partial charge in [-0.1, -0.05) is 18.5 Å². The van der Waals surface area contributed by atoms with E-state index in [-0.39, 0.29) is 6.10 Å². The molecule has 0 bridgehead atoms. The molecule has 0 amide bonds. The number of anilines is 2. The van der Waals surface area contributed by atoms with Crippen LogP contribution in [-0.4, -0.2) is 36.3 Å². The number of hydrogen-bond donors (Lipinski definition) is 2. The average Bonchev–Trinajstić information content (AvgIpc) is 2.40. The highest BCUT2D eigenvalue weighted by atomic mass is 35.5. The Bertz CT molecular complexity index is 416. The van der Waals surface area contributed by atoms with E-state index in [1.165, 1.54) is 0 Å². The molecule has 2 unspecified atom stereocenters. The first-order valence-corrected chi connectivity index (χ1v) is 6.30. The van der Waals surface area contributed by atoms with Crippen LogP contribution in [0.15, 0.2) is 6.20 Å². The summed E-state index contributed by atoms with van der Waals surface area (Å²) in [5.74, 6) is 6.92. The van der Waals surface area contributed by atoms with Crippen molar-refractivity contribution in [2.45, 2.75) is 19.4 Å². The fourth-order valence-electron chi connectivity index (χ4n) is 2.18. The molecule has 3 N–H and O–H groups in total. The first kappa shape index (κ1) is 13.3. The lowest BCUT2D eigenvalue weighted by atomic mass is 9.96. The number of nitrogens with one attached hydrogen (secondary N) is 1. The topological polar surface area (TPSA) is 76.3 Å². The number of hydrazine groups is 1. The third kappa shape index (κ3) is 2.66. The summed E-state index contributed by atoms with van der Waals surface area (Å²) in [5, 5.41) is 0.526. The van der Waals surface area contributed by atoms with Gasteiger partial charge < -0.3 is 9.64 Å². The van der Waals surface area contributed by atoms with E-state index in [1.807, 2.05) is 0 Å². The van der Waals surface area contributed by atoms with Gasteiger partial charge in [0.1, 0.15) is 5.02 Å². The Morgan fingerprint density at radius 1 is 1.61 bits per heavy atom. The SMILES string of the molecule is COC1CN(c2nc(NN)ncc2Cl)CCC1C. The van der Waals surface area contributed by atoms with Gasteiger partial charge in [0, 0.05) is 20.2 Å². The molecular formula is C11H18ClN5O. The molecule has 6 nitrogen and oxygen atoms in total. The minimum Gasteiger partial charge on any atom is -0.379 e. The standard InChI is InChI=1S/C11H18ClN5O/c1-7-3-4-17(6-9(7)18-2)10-8(12)5-14-11(15-10)16-13/h5,7,9H,3-4,6,13H2,1-2H3,(H,14,15,16). The summed E-state index contributed by atoms with van der Waals surface area (Å²) in [6, 6.07) is 0. The van der Waals surface area contributed by atoms with Crippen LogP contribution >= 0.6 is 11.6 Å². The fourth-order valence-corrected chi connectivity index (χ4v) is 2.39. The molecule has 2 atom stereocenters. The monoisotopic (exact) mass is 271 g/mol. The maximum absolute atomic E-state index is 6.14. The van der Waals surface area contributed by atoms with Crippen LogP contribution in [0.1, 0.15) is 13.3 Å². The zero-order chi connectivity index (χ0) is 13.1. The molecular weight excluding hydrogens is 254 g/mol. The van der Waals surface area contributed by atoms with Gasteiger partial charge in [-0.2, -0.15) is 4.98 Å². The van der Waals surface area contributed by atoms with Gasteiger partial charge in [-0.25, -0.2) is 10.8 Å². The van der Waals surface area contributed by atoms with Gasteiger partial charge in [-0.3, -0.25) is 5.43 Å². The van der Waals surface area contributed by atoms with Gasteiger partial charge in [0.25, 0.3) is 0 Å². The molecule has 1 aliphatic heterocycles. The Kier molecular flexibility index (Phi) is 4.21. The highest BCUT2D eigenvalue weighted by Gasteiger charge is 2.28. The molecule has 18 heavy (non-hydrogen) atoms. The van der Waals surface area contributed by atoms with E-state index >= 15 is 0 Å². The molecule has 2 heterocycles. The number of rotatable bonds is 3. The van der Waals surface area contributed by atoms with Crippen molar-refractivity contribution in [3.63, 3.8) is 0 Å². The highest BCUT2D eigenvalue weighted by Crippen LogP contribution is 2.28. The number of piperidine rings is 1. The molecule has 1 saturated heterocycles. The molecule has 1 fully saturated rings. The van der Waals surface area contributed by atoms with Crippen LogP contribution in [0.4, 0.5) is 11.8 Å². The Morgan fingerprint density at radius 2 is 2.39 bits per heavy atom. The van der Waals surface area contributed by atoms with E-state index in [1.54, 1.807) is 13.3 Å². The first-order chi connectivity index (χ1) is 8.65. The van der Waals surface area contributed by atoms with Crippen molar-refractivity contribution < 1.29 is 4.74 Å². The molecule has 2 rings (SSSR count). The molecule has 7 heteroatoms. The van der Waals surface area contributed by atoms with Crippen LogP contribution in [0.5, 0.6) is 0 Å². The lowest BCUT2D eigenvalue weighted by Gasteiger charge is -2.37. The lowest BCUT2D eigenvalue weighted by Crippen LogP contribution is -2.44. The summed E-state index contributed by atoms with van der Waals surface area (Å²) >= 11 is 6.14. The second kappa shape index (κ2) is 5.69. The molecule has 0 saturated carbocycles. The second-order valence-electron chi connectivity index (χ2n) is 4.50. The number of halogens is 1. The van der Waals surface area contributed by atoms with E-state index < -0.39 is 0 Å². The summed E-state index contributed by atoms with van der Waals surface area (Å²) < 4.78 is 5.48. The van der Waals surface area contributed by atoms with Gasteiger partial charge in [0.2, 0.25) is 5.95 Å². The maximum atomic E-state index is 6.14. The van der Waals surface area contributed by atoms with Gasteiger partial charge in [-0.15, -0.1) is 0 Å². The largest absolute Gasteiger partial charge is 0.379 e. The number of nitrogens with two attached hydrogens (primary N) is 1. The second-order valence-corrected chi connectivity index (χ2v) is 4.90. The number of aromatic nitrogens is 2. The van der Waals surface area contributed by atoms with E-state index in [0.29, 0.717) is 22.7 Å². The van der Waals surface area contributed by atoms with Crippen molar-refractivity contribution in [3.8, 4) is 0 Å². The van der Waals surface area contributed by atoms with Crippen LogP contribution in [0, 0.1) is 5.92 Å². The van der Waals surface area contributed by atoms with E-state index in [2.05, 4.69) is 27.2 Å². The molecule has 100 valence electrons. The lowest BCUT2D eigenvalue weighted by molar-refractivity contribution is 0.0496. The summed E-state index contributed by atoms with van der Waals surface area (Å²) in [6.45, 7) is 3.88. The van der Waals surface area contributed by atoms with Crippen molar-refractivity contribution in [3.05, 3.63) is 11.2 Å². The summed E-state index contributed by atoms with van der Waals surface area (Å²) in [4.78, 5) is 10.4. The Balaban J connectivity index is 2.20. The van der Waals surface area contributed by atoms with Crippen LogP contribution in [-0.2, 0) is 4.74 Å². The van der Waals surface area contributed by atoms with Crippen molar-refractivity contribution in [2.75, 3.05) is 30.5 Å².